The van der Waals surface area contributed by atoms with Crippen LogP contribution in [-0.2, 0) is 10.0 Å². The summed E-state index contributed by atoms with van der Waals surface area (Å²) >= 11 is 0. The summed E-state index contributed by atoms with van der Waals surface area (Å²) in [6.07, 6.45) is 3.08. The van der Waals surface area contributed by atoms with E-state index in [0.717, 1.165) is 5.56 Å². The second-order valence-electron chi connectivity index (χ2n) is 4.38. The minimum Gasteiger partial charge on any atom is -0.295 e. The fourth-order valence-corrected chi connectivity index (χ4v) is 2.85. The van der Waals surface area contributed by atoms with E-state index in [1.807, 2.05) is 0 Å². The average Bonchev–Trinajstić information content (AvgIpc) is 2.41. The van der Waals surface area contributed by atoms with Crippen molar-refractivity contribution in [2.24, 2.45) is 0 Å². The van der Waals surface area contributed by atoms with Gasteiger partial charge in [0, 0.05) is 18.0 Å². The maximum atomic E-state index is 12.3. The van der Waals surface area contributed by atoms with E-state index in [-0.39, 0.29) is 10.7 Å². The van der Waals surface area contributed by atoms with Crippen molar-refractivity contribution in [3.8, 4) is 0 Å². The van der Waals surface area contributed by atoms with Crippen molar-refractivity contribution >= 4 is 21.5 Å². The van der Waals surface area contributed by atoms with E-state index in [2.05, 4.69) is 9.71 Å². The van der Waals surface area contributed by atoms with Gasteiger partial charge in [0.05, 0.1) is 10.6 Å². The molecule has 1 heterocycles. The van der Waals surface area contributed by atoms with Crippen LogP contribution in [-0.4, -0.2) is 19.2 Å². The minimum atomic E-state index is -3.72. The molecule has 6 heteroatoms. The molecular formula is C14H14N2O3S. The second kappa shape index (κ2) is 5.42. The Morgan fingerprint density at radius 1 is 1.25 bits per heavy atom. The first-order valence-electron chi connectivity index (χ1n) is 5.94. The van der Waals surface area contributed by atoms with Crippen molar-refractivity contribution < 1.29 is 13.2 Å². The third-order valence-corrected chi connectivity index (χ3v) is 4.18. The van der Waals surface area contributed by atoms with Crippen LogP contribution in [0.3, 0.4) is 0 Å². The first-order valence-corrected chi connectivity index (χ1v) is 7.43. The number of hydrogen-bond acceptors (Lipinski definition) is 4. The molecule has 1 N–H and O–H groups in total. The van der Waals surface area contributed by atoms with Gasteiger partial charge in [0.2, 0.25) is 0 Å². The Balaban J connectivity index is 2.38. The number of sulfonamides is 1. The van der Waals surface area contributed by atoms with Crippen molar-refractivity contribution in [2.75, 3.05) is 4.72 Å². The van der Waals surface area contributed by atoms with Crippen LogP contribution < -0.4 is 4.72 Å². The minimum absolute atomic E-state index is 0.0569. The number of Topliss-reactive ketones (excluding diaryl/α,β-unsaturated/α-hetero) is 1. The molecule has 0 radical (unpaired) electrons. The maximum absolute atomic E-state index is 12.3. The number of pyridine rings is 1. The standard InChI is InChI=1S/C14H14N2O3S/c1-10-9-15-7-6-14(10)16-20(18,19)13-5-3-4-12(8-13)11(2)17/h3-9H,1-2H3,(H,15,16). The highest BCUT2D eigenvalue weighted by Gasteiger charge is 2.16. The monoisotopic (exact) mass is 290 g/mol. The number of nitrogens with zero attached hydrogens (tertiary/aromatic N) is 1. The zero-order valence-corrected chi connectivity index (χ0v) is 11.9. The van der Waals surface area contributed by atoms with Gasteiger partial charge in [-0.25, -0.2) is 8.42 Å². The number of carbonyl (C=O) groups excluding carboxylic acids is 1. The Kier molecular flexibility index (Phi) is 3.85. The fraction of sp³-hybridized carbons (Fsp3) is 0.143. The molecule has 0 spiro atoms. The van der Waals surface area contributed by atoms with Gasteiger partial charge in [0.25, 0.3) is 10.0 Å². The maximum Gasteiger partial charge on any atom is 0.261 e. The molecule has 0 atom stereocenters. The molecule has 0 aliphatic carbocycles. The van der Waals surface area contributed by atoms with Gasteiger partial charge in [-0.1, -0.05) is 12.1 Å². The number of ketones is 1. The lowest BCUT2D eigenvalue weighted by molar-refractivity contribution is 0.101. The number of carbonyl (C=O) groups is 1. The molecule has 0 fully saturated rings. The summed E-state index contributed by atoms with van der Waals surface area (Å²) in [5, 5.41) is 0. The molecule has 5 nitrogen and oxygen atoms in total. The number of nitrogens with one attached hydrogen (secondary N) is 1. The smallest absolute Gasteiger partial charge is 0.261 e. The largest absolute Gasteiger partial charge is 0.295 e. The molecular weight excluding hydrogens is 276 g/mol. The van der Waals surface area contributed by atoms with E-state index in [1.54, 1.807) is 31.3 Å². The molecule has 2 rings (SSSR count). The van der Waals surface area contributed by atoms with Crippen molar-refractivity contribution in [1.29, 1.82) is 0 Å². The Labute approximate surface area is 117 Å². The van der Waals surface area contributed by atoms with Gasteiger partial charge in [-0.15, -0.1) is 0 Å². The van der Waals surface area contributed by atoms with Gasteiger partial charge in [-0.05, 0) is 37.6 Å². The van der Waals surface area contributed by atoms with Crippen molar-refractivity contribution in [3.05, 3.63) is 53.9 Å². The van der Waals surface area contributed by atoms with Crippen LogP contribution in [0.1, 0.15) is 22.8 Å². The van der Waals surface area contributed by atoms with Crippen LogP contribution in [0.5, 0.6) is 0 Å². The van der Waals surface area contributed by atoms with Gasteiger partial charge in [-0.3, -0.25) is 14.5 Å². The zero-order valence-electron chi connectivity index (χ0n) is 11.1. The van der Waals surface area contributed by atoms with E-state index in [0.29, 0.717) is 11.3 Å². The van der Waals surface area contributed by atoms with E-state index < -0.39 is 10.0 Å². The number of anilines is 1. The number of benzene rings is 1. The number of aromatic nitrogens is 1. The van der Waals surface area contributed by atoms with Crippen LogP contribution >= 0.6 is 0 Å². The third-order valence-electron chi connectivity index (χ3n) is 2.82. The molecule has 0 saturated carbocycles. The van der Waals surface area contributed by atoms with Gasteiger partial charge < -0.3 is 0 Å². The van der Waals surface area contributed by atoms with E-state index in [9.17, 15) is 13.2 Å². The molecule has 0 unspecified atom stereocenters. The SMILES string of the molecule is CC(=O)c1cccc(S(=O)(=O)Nc2ccncc2C)c1. The van der Waals surface area contributed by atoms with Crippen LogP contribution in [0.2, 0.25) is 0 Å². The Bertz CT molecular complexity index is 755. The molecule has 0 amide bonds. The first-order chi connectivity index (χ1) is 9.40. The molecule has 0 bridgehead atoms. The first kappa shape index (κ1) is 14.2. The van der Waals surface area contributed by atoms with Crippen molar-refractivity contribution in [1.82, 2.24) is 4.98 Å². The summed E-state index contributed by atoms with van der Waals surface area (Å²) in [5.41, 5.74) is 1.55. The molecule has 104 valence electrons. The predicted octanol–water partition coefficient (Wildman–Crippen LogP) is 2.39. The van der Waals surface area contributed by atoms with Gasteiger partial charge in [0.15, 0.2) is 5.78 Å². The molecule has 1 aromatic heterocycles. The average molecular weight is 290 g/mol. The quantitative estimate of drug-likeness (QED) is 0.877. The molecule has 20 heavy (non-hydrogen) atoms. The summed E-state index contributed by atoms with van der Waals surface area (Å²) in [7, 11) is -3.72. The zero-order chi connectivity index (χ0) is 14.8. The molecule has 0 aliphatic rings. The molecule has 1 aromatic carbocycles. The van der Waals surface area contributed by atoms with Crippen LogP contribution in [0.25, 0.3) is 0 Å². The number of aryl methyl sites for hydroxylation is 1. The van der Waals surface area contributed by atoms with Crippen LogP contribution in [0, 0.1) is 6.92 Å². The van der Waals surface area contributed by atoms with Gasteiger partial charge >= 0.3 is 0 Å². The Hall–Kier alpha value is -2.21. The highest BCUT2D eigenvalue weighted by atomic mass is 32.2. The highest BCUT2D eigenvalue weighted by Crippen LogP contribution is 2.19. The van der Waals surface area contributed by atoms with E-state index in [1.165, 1.54) is 25.3 Å². The van der Waals surface area contributed by atoms with E-state index >= 15 is 0 Å². The Morgan fingerprint density at radius 2 is 2.00 bits per heavy atom. The Morgan fingerprint density at radius 3 is 2.65 bits per heavy atom. The summed E-state index contributed by atoms with van der Waals surface area (Å²) in [6, 6.07) is 7.53. The van der Waals surface area contributed by atoms with Gasteiger partial charge in [0.1, 0.15) is 0 Å². The van der Waals surface area contributed by atoms with Crippen molar-refractivity contribution in [3.63, 3.8) is 0 Å². The normalized spacial score (nSPS) is 11.1. The predicted molar refractivity (Wildman–Crippen MR) is 76.2 cm³/mol. The summed E-state index contributed by atoms with van der Waals surface area (Å²) in [6.45, 7) is 3.16. The summed E-state index contributed by atoms with van der Waals surface area (Å²) < 4.78 is 27.1. The molecule has 2 aromatic rings. The highest BCUT2D eigenvalue weighted by molar-refractivity contribution is 7.92. The van der Waals surface area contributed by atoms with Crippen LogP contribution in [0.15, 0.2) is 47.6 Å². The third kappa shape index (κ3) is 3.03. The number of rotatable bonds is 4. The fourth-order valence-electron chi connectivity index (χ4n) is 1.67. The molecule has 0 aliphatic heterocycles. The van der Waals surface area contributed by atoms with Crippen molar-refractivity contribution in [2.45, 2.75) is 18.7 Å². The summed E-state index contributed by atoms with van der Waals surface area (Å²) in [4.78, 5) is 15.3. The topological polar surface area (TPSA) is 76.1 Å². The van der Waals surface area contributed by atoms with Gasteiger partial charge in [-0.2, -0.15) is 0 Å². The molecule has 0 saturated heterocycles. The van der Waals surface area contributed by atoms with E-state index in [4.69, 9.17) is 0 Å². The van der Waals surface area contributed by atoms with Crippen LogP contribution in [0.4, 0.5) is 5.69 Å². The lowest BCUT2D eigenvalue weighted by atomic mass is 10.2. The summed E-state index contributed by atoms with van der Waals surface area (Å²) in [5.74, 6) is -0.179. The number of hydrogen-bond donors (Lipinski definition) is 1. The second-order valence-corrected chi connectivity index (χ2v) is 6.06. The lowest BCUT2D eigenvalue weighted by Crippen LogP contribution is -2.14. The lowest BCUT2D eigenvalue weighted by Gasteiger charge is -2.10.